The summed E-state index contributed by atoms with van der Waals surface area (Å²) >= 11 is 0. The van der Waals surface area contributed by atoms with Gasteiger partial charge < -0.3 is 10.2 Å². The predicted octanol–water partition coefficient (Wildman–Crippen LogP) is 2.14. The summed E-state index contributed by atoms with van der Waals surface area (Å²) in [7, 11) is 0. The first kappa shape index (κ1) is 11.0. The quantitative estimate of drug-likeness (QED) is 0.843. The molecule has 0 radical (unpaired) electrons. The van der Waals surface area contributed by atoms with E-state index in [9.17, 15) is 4.79 Å². The highest BCUT2D eigenvalue weighted by Gasteiger charge is 2.16. The maximum absolute atomic E-state index is 12.1. The van der Waals surface area contributed by atoms with Crippen molar-refractivity contribution < 1.29 is 4.79 Å². The molecule has 0 unspecified atom stereocenters. The number of benzene rings is 1. The van der Waals surface area contributed by atoms with Gasteiger partial charge in [-0.25, -0.2) is 0 Å². The van der Waals surface area contributed by atoms with E-state index < -0.39 is 0 Å². The van der Waals surface area contributed by atoms with Gasteiger partial charge in [-0.3, -0.25) is 4.79 Å². The molecule has 0 saturated heterocycles. The summed E-state index contributed by atoms with van der Waals surface area (Å²) in [4.78, 5) is 14.0. The molecule has 0 spiro atoms. The zero-order chi connectivity index (χ0) is 11.5. The molecule has 3 nitrogen and oxygen atoms in total. The van der Waals surface area contributed by atoms with Gasteiger partial charge in [-0.15, -0.1) is 0 Å². The van der Waals surface area contributed by atoms with Gasteiger partial charge in [0.1, 0.15) is 0 Å². The maximum atomic E-state index is 12.1. The smallest absolute Gasteiger partial charge is 0.253 e. The monoisotopic (exact) mass is 218 g/mol. The average molecular weight is 218 g/mol. The second-order valence-corrected chi connectivity index (χ2v) is 4.03. The molecule has 1 aromatic rings. The number of hydrogen-bond acceptors (Lipinski definition) is 2. The SMILES string of the molecule is CCN(CC)C(=O)c1ccc2c(c1)CCN2. The van der Waals surface area contributed by atoms with Crippen LogP contribution in [0.5, 0.6) is 0 Å². The van der Waals surface area contributed by atoms with Gasteiger partial charge in [0.2, 0.25) is 0 Å². The number of nitrogens with one attached hydrogen (secondary N) is 1. The molecular weight excluding hydrogens is 200 g/mol. The molecule has 1 heterocycles. The summed E-state index contributed by atoms with van der Waals surface area (Å²) in [6.07, 6.45) is 1.02. The molecule has 0 fully saturated rings. The van der Waals surface area contributed by atoms with Gasteiger partial charge in [-0.2, -0.15) is 0 Å². The molecule has 1 aromatic carbocycles. The van der Waals surface area contributed by atoms with Crippen LogP contribution < -0.4 is 5.32 Å². The van der Waals surface area contributed by atoms with Crippen LogP contribution in [0.1, 0.15) is 29.8 Å². The molecule has 1 aliphatic rings. The Kier molecular flexibility index (Phi) is 3.13. The second-order valence-electron chi connectivity index (χ2n) is 4.03. The normalized spacial score (nSPS) is 13.1. The van der Waals surface area contributed by atoms with Crippen LogP contribution >= 0.6 is 0 Å². The highest BCUT2D eigenvalue weighted by Crippen LogP contribution is 2.23. The number of nitrogens with zero attached hydrogens (tertiary/aromatic N) is 1. The molecular formula is C13H18N2O. The Bertz CT molecular complexity index is 397. The minimum Gasteiger partial charge on any atom is -0.384 e. The van der Waals surface area contributed by atoms with E-state index in [1.807, 2.05) is 36.9 Å². The lowest BCUT2D eigenvalue weighted by Crippen LogP contribution is -2.30. The van der Waals surface area contributed by atoms with Crippen molar-refractivity contribution >= 4 is 11.6 Å². The largest absolute Gasteiger partial charge is 0.384 e. The zero-order valence-corrected chi connectivity index (χ0v) is 9.92. The van der Waals surface area contributed by atoms with Crippen molar-refractivity contribution in [1.82, 2.24) is 4.90 Å². The summed E-state index contributed by atoms with van der Waals surface area (Å²) in [6, 6.07) is 5.95. The molecule has 1 aliphatic heterocycles. The van der Waals surface area contributed by atoms with Crippen molar-refractivity contribution in [3.63, 3.8) is 0 Å². The lowest BCUT2D eigenvalue weighted by Gasteiger charge is -2.18. The van der Waals surface area contributed by atoms with Crippen LogP contribution in [0.4, 0.5) is 5.69 Å². The average Bonchev–Trinajstić information content (AvgIpc) is 2.77. The third-order valence-electron chi connectivity index (χ3n) is 3.11. The van der Waals surface area contributed by atoms with E-state index in [1.54, 1.807) is 0 Å². The van der Waals surface area contributed by atoms with Gasteiger partial charge >= 0.3 is 0 Å². The topological polar surface area (TPSA) is 32.3 Å². The molecule has 0 aromatic heterocycles. The van der Waals surface area contributed by atoms with Gasteiger partial charge in [0.05, 0.1) is 0 Å². The first-order valence-electron chi connectivity index (χ1n) is 5.92. The molecule has 3 heteroatoms. The van der Waals surface area contributed by atoms with Crippen molar-refractivity contribution in [3.8, 4) is 0 Å². The van der Waals surface area contributed by atoms with Gasteiger partial charge in [-0.1, -0.05) is 0 Å². The number of rotatable bonds is 3. The fraction of sp³-hybridized carbons (Fsp3) is 0.462. The van der Waals surface area contributed by atoms with Crippen LogP contribution in [0, 0.1) is 0 Å². The number of anilines is 1. The summed E-state index contributed by atoms with van der Waals surface area (Å²) in [5.74, 6) is 0.139. The van der Waals surface area contributed by atoms with E-state index in [2.05, 4.69) is 5.32 Å². The van der Waals surface area contributed by atoms with Crippen LogP contribution in [-0.4, -0.2) is 30.4 Å². The van der Waals surface area contributed by atoms with E-state index in [1.165, 1.54) is 11.3 Å². The summed E-state index contributed by atoms with van der Waals surface area (Å²) in [5.41, 5.74) is 3.25. The Morgan fingerprint density at radius 3 is 2.81 bits per heavy atom. The van der Waals surface area contributed by atoms with Gasteiger partial charge in [0.25, 0.3) is 5.91 Å². The number of hydrogen-bond donors (Lipinski definition) is 1. The van der Waals surface area contributed by atoms with E-state index >= 15 is 0 Å². The maximum Gasteiger partial charge on any atom is 0.253 e. The molecule has 1 amide bonds. The molecule has 0 saturated carbocycles. The third kappa shape index (κ3) is 1.90. The Labute approximate surface area is 96.5 Å². The lowest BCUT2D eigenvalue weighted by molar-refractivity contribution is 0.0773. The predicted molar refractivity (Wildman–Crippen MR) is 65.9 cm³/mol. The van der Waals surface area contributed by atoms with Crippen LogP contribution in [0.3, 0.4) is 0 Å². The minimum atomic E-state index is 0.139. The second kappa shape index (κ2) is 4.56. The zero-order valence-electron chi connectivity index (χ0n) is 9.92. The standard InChI is InChI=1S/C13H18N2O/c1-3-15(4-2)13(16)11-5-6-12-10(9-11)7-8-14-12/h5-6,9,14H,3-4,7-8H2,1-2H3. The third-order valence-corrected chi connectivity index (χ3v) is 3.11. The van der Waals surface area contributed by atoms with Crippen LogP contribution in [0.2, 0.25) is 0 Å². The Morgan fingerprint density at radius 1 is 1.38 bits per heavy atom. The molecule has 0 aliphatic carbocycles. The minimum absolute atomic E-state index is 0.139. The Balaban J connectivity index is 2.24. The summed E-state index contributed by atoms with van der Waals surface area (Å²) < 4.78 is 0. The fourth-order valence-electron chi connectivity index (χ4n) is 2.13. The molecule has 2 rings (SSSR count). The molecule has 1 N–H and O–H groups in total. The van der Waals surface area contributed by atoms with Crippen molar-refractivity contribution in [3.05, 3.63) is 29.3 Å². The number of fused-ring (bicyclic) bond motifs is 1. The first-order valence-corrected chi connectivity index (χ1v) is 5.92. The Morgan fingerprint density at radius 2 is 2.12 bits per heavy atom. The fourth-order valence-corrected chi connectivity index (χ4v) is 2.13. The number of amides is 1. The van der Waals surface area contributed by atoms with Crippen molar-refractivity contribution in [2.24, 2.45) is 0 Å². The van der Waals surface area contributed by atoms with Crippen LogP contribution in [0.25, 0.3) is 0 Å². The van der Waals surface area contributed by atoms with Gasteiger partial charge in [0, 0.05) is 30.9 Å². The van der Waals surface area contributed by atoms with Crippen LogP contribution in [0.15, 0.2) is 18.2 Å². The molecule has 86 valence electrons. The van der Waals surface area contributed by atoms with Crippen molar-refractivity contribution in [2.45, 2.75) is 20.3 Å². The van der Waals surface area contributed by atoms with E-state index in [4.69, 9.17) is 0 Å². The number of carbonyl (C=O) groups is 1. The molecule has 16 heavy (non-hydrogen) atoms. The van der Waals surface area contributed by atoms with E-state index in [-0.39, 0.29) is 5.91 Å². The highest BCUT2D eigenvalue weighted by atomic mass is 16.2. The highest BCUT2D eigenvalue weighted by molar-refractivity contribution is 5.95. The number of carbonyl (C=O) groups excluding carboxylic acids is 1. The van der Waals surface area contributed by atoms with Crippen molar-refractivity contribution in [1.29, 1.82) is 0 Å². The van der Waals surface area contributed by atoms with Gasteiger partial charge in [-0.05, 0) is 44.0 Å². The molecule has 0 atom stereocenters. The Hall–Kier alpha value is -1.51. The van der Waals surface area contributed by atoms with Crippen molar-refractivity contribution in [2.75, 3.05) is 25.0 Å². The van der Waals surface area contributed by atoms with E-state index in [0.717, 1.165) is 31.6 Å². The van der Waals surface area contributed by atoms with E-state index in [0.29, 0.717) is 0 Å². The van der Waals surface area contributed by atoms with Crippen LogP contribution in [-0.2, 0) is 6.42 Å². The summed E-state index contributed by atoms with van der Waals surface area (Å²) in [5, 5.41) is 3.30. The first-order chi connectivity index (χ1) is 7.76. The lowest BCUT2D eigenvalue weighted by atomic mass is 10.1. The molecule has 0 bridgehead atoms. The van der Waals surface area contributed by atoms with Gasteiger partial charge in [0.15, 0.2) is 0 Å². The summed E-state index contributed by atoms with van der Waals surface area (Å²) in [6.45, 7) is 6.54.